The lowest BCUT2D eigenvalue weighted by Crippen LogP contribution is -2.52. The lowest BCUT2D eigenvalue weighted by Gasteiger charge is -2.53. The van der Waals surface area contributed by atoms with Gasteiger partial charge in [0.25, 0.3) is 5.91 Å². The minimum Gasteiger partial charge on any atom is -0.360 e. The first kappa shape index (κ1) is 18.2. The van der Waals surface area contributed by atoms with Gasteiger partial charge in [0, 0.05) is 43.7 Å². The Balaban J connectivity index is 1.33. The van der Waals surface area contributed by atoms with Gasteiger partial charge in [-0.05, 0) is 45.4 Å². The van der Waals surface area contributed by atoms with Crippen molar-refractivity contribution >= 4 is 16.9 Å². The normalized spacial score (nSPS) is 29.0. The molecule has 1 aromatic rings. The van der Waals surface area contributed by atoms with Gasteiger partial charge in [-0.15, -0.1) is 0 Å². The van der Waals surface area contributed by atoms with Gasteiger partial charge in [-0.3, -0.25) is 13.9 Å². The first-order valence-corrected chi connectivity index (χ1v) is 11.0. The monoisotopic (exact) mass is 384 g/mol. The standard InChI is InChI=1S/C17H28N4O4S/c1-12-10-14(6-9-21(12)26(23,24)20-7-2-3-8-20)18-17(22)15-11-16(25-19-15)13-4-5-13/h11-14,23-24H,2-10H2,1H3,(H,18,22)/t12-,14-/m0/s1. The van der Waals surface area contributed by atoms with Gasteiger partial charge in [-0.2, -0.15) is 8.61 Å². The Labute approximate surface area is 155 Å². The van der Waals surface area contributed by atoms with Crippen LogP contribution in [0, 0.1) is 0 Å². The van der Waals surface area contributed by atoms with Crippen molar-refractivity contribution in [2.75, 3.05) is 19.6 Å². The first-order chi connectivity index (χ1) is 12.4. The van der Waals surface area contributed by atoms with Crippen molar-refractivity contribution in [2.45, 2.75) is 63.5 Å². The molecule has 3 heterocycles. The van der Waals surface area contributed by atoms with Crippen LogP contribution in [0.3, 0.4) is 0 Å². The Bertz CT molecular complexity index is 657. The van der Waals surface area contributed by atoms with Crippen LogP contribution in [-0.4, -0.2) is 60.5 Å². The molecule has 26 heavy (non-hydrogen) atoms. The van der Waals surface area contributed by atoms with Crippen LogP contribution in [0.5, 0.6) is 0 Å². The van der Waals surface area contributed by atoms with Crippen molar-refractivity contribution < 1.29 is 18.4 Å². The third-order valence-electron chi connectivity index (χ3n) is 5.62. The van der Waals surface area contributed by atoms with Crippen molar-refractivity contribution in [1.29, 1.82) is 0 Å². The summed E-state index contributed by atoms with van der Waals surface area (Å²) in [5, 5.41) is 6.91. The van der Waals surface area contributed by atoms with Gasteiger partial charge >= 0.3 is 0 Å². The van der Waals surface area contributed by atoms with Crippen LogP contribution in [0.2, 0.25) is 0 Å². The van der Waals surface area contributed by atoms with E-state index < -0.39 is 11.0 Å². The van der Waals surface area contributed by atoms with Gasteiger partial charge in [0.05, 0.1) is 0 Å². The Kier molecular flexibility index (Phi) is 5.00. The van der Waals surface area contributed by atoms with Crippen LogP contribution < -0.4 is 5.32 Å². The molecule has 1 aliphatic carbocycles. The summed E-state index contributed by atoms with van der Waals surface area (Å²) in [6.45, 7) is 4.02. The summed E-state index contributed by atoms with van der Waals surface area (Å²) in [6.07, 6.45) is 5.61. The highest BCUT2D eigenvalue weighted by Gasteiger charge is 2.39. The van der Waals surface area contributed by atoms with E-state index in [4.69, 9.17) is 4.52 Å². The second-order valence-electron chi connectivity index (χ2n) is 7.70. The maximum absolute atomic E-state index is 12.4. The second-order valence-corrected chi connectivity index (χ2v) is 9.66. The van der Waals surface area contributed by atoms with Gasteiger partial charge in [0.2, 0.25) is 0 Å². The summed E-state index contributed by atoms with van der Waals surface area (Å²) < 4.78 is 30.3. The molecule has 2 atom stereocenters. The Hall–Kier alpha value is -1.13. The Morgan fingerprint density at radius 3 is 2.65 bits per heavy atom. The van der Waals surface area contributed by atoms with Gasteiger partial charge < -0.3 is 9.84 Å². The molecule has 1 aromatic heterocycles. The van der Waals surface area contributed by atoms with Crippen LogP contribution in [0.4, 0.5) is 0 Å². The van der Waals surface area contributed by atoms with Crippen molar-refractivity contribution in [3.8, 4) is 0 Å². The fourth-order valence-corrected chi connectivity index (χ4v) is 5.91. The minimum atomic E-state index is -2.89. The van der Waals surface area contributed by atoms with E-state index in [1.807, 2.05) is 11.2 Å². The molecule has 0 aromatic carbocycles. The average molecular weight is 385 g/mol. The fraction of sp³-hybridized carbons (Fsp3) is 0.765. The quantitative estimate of drug-likeness (QED) is 0.717. The molecule has 0 unspecified atom stereocenters. The molecule has 4 rings (SSSR count). The van der Waals surface area contributed by atoms with Crippen LogP contribution in [-0.2, 0) is 0 Å². The molecule has 9 heteroatoms. The van der Waals surface area contributed by atoms with Gasteiger partial charge in [-0.25, -0.2) is 0 Å². The van der Waals surface area contributed by atoms with Crippen molar-refractivity contribution in [1.82, 2.24) is 19.1 Å². The summed E-state index contributed by atoms with van der Waals surface area (Å²) in [4.78, 5) is 12.4. The second kappa shape index (κ2) is 7.12. The molecule has 0 bridgehead atoms. The van der Waals surface area contributed by atoms with E-state index in [0.29, 0.717) is 31.0 Å². The van der Waals surface area contributed by atoms with E-state index >= 15 is 0 Å². The third kappa shape index (κ3) is 3.63. The molecule has 8 nitrogen and oxygen atoms in total. The number of rotatable bonds is 5. The average Bonchev–Trinajstić information content (AvgIpc) is 3.11. The molecule has 1 saturated carbocycles. The number of aromatic nitrogens is 1. The summed E-state index contributed by atoms with van der Waals surface area (Å²) >= 11 is 0. The van der Waals surface area contributed by atoms with Crippen LogP contribution in [0.1, 0.15) is 67.6 Å². The first-order valence-electron chi connectivity index (χ1n) is 9.52. The van der Waals surface area contributed by atoms with Gasteiger partial charge in [0.15, 0.2) is 5.69 Å². The van der Waals surface area contributed by atoms with Crippen molar-refractivity contribution in [2.24, 2.45) is 0 Å². The van der Waals surface area contributed by atoms with Crippen molar-refractivity contribution in [3.05, 3.63) is 17.5 Å². The zero-order valence-electron chi connectivity index (χ0n) is 15.1. The zero-order chi connectivity index (χ0) is 18.3. The number of nitrogens with one attached hydrogen (secondary N) is 1. The molecule has 0 spiro atoms. The topological polar surface area (TPSA) is 102 Å². The summed E-state index contributed by atoms with van der Waals surface area (Å²) in [6, 6.07) is 1.73. The highest BCUT2D eigenvalue weighted by molar-refractivity contribution is 8.20. The highest BCUT2D eigenvalue weighted by Crippen LogP contribution is 2.51. The van der Waals surface area contributed by atoms with Crippen LogP contribution >= 0.6 is 11.0 Å². The number of piperidine rings is 1. The number of carbonyl (C=O) groups is 1. The van der Waals surface area contributed by atoms with Crippen molar-refractivity contribution in [3.63, 3.8) is 0 Å². The number of nitrogens with zero attached hydrogens (tertiary/aromatic N) is 3. The molecular formula is C17H28N4O4S. The molecule has 146 valence electrons. The minimum absolute atomic E-state index is 0.00334. The predicted octanol–water partition coefficient (Wildman–Crippen LogP) is 2.81. The zero-order valence-corrected chi connectivity index (χ0v) is 16.0. The van der Waals surface area contributed by atoms with Crippen LogP contribution in [0.25, 0.3) is 0 Å². The molecule has 2 saturated heterocycles. The number of amides is 1. The van der Waals surface area contributed by atoms with E-state index in [9.17, 15) is 13.9 Å². The predicted molar refractivity (Wildman–Crippen MR) is 98.8 cm³/mol. The smallest absolute Gasteiger partial charge is 0.273 e. The molecule has 2 aliphatic heterocycles. The van der Waals surface area contributed by atoms with E-state index in [1.165, 1.54) is 0 Å². The lowest BCUT2D eigenvalue weighted by atomic mass is 10.0. The number of carbonyl (C=O) groups excluding carboxylic acids is 1. The van der Waals surface area contributed by atoms with E-state index in [0.717, 1.165) is 44.5 Å². The SMILES string of the molecule is C[C@H]1C[C@@H](NC(=O)c2cc(C3CC3)on2)CCN1S(O)(O)N1CCCC1. The highest BCUT2D eigenvalue weighted by atomic mass is 32.3. The molecule has 3 aliphatic rings. The number of hydrogen-bond acceptors (Lipinski definition) is 7. The fourth-order valence-electron chi connectivity index (χ4n) is 3.94. The molecule has 0 radical (unpaired) electrons. The molecule has 3 N–H and O–H groups in total. The van der Waals surface area contributed by atoms with Crippen LogP contribution in [0.15, 0.2) is 10.6 Å². The Morgan fingerprint density at radius 1 is 1.27 bits per heavy atom. The lowest BCUT2D eigenvalue weighted by molar-refractivity contribution is 0.0900. The summed E-state index contributed by atoms with van der Waals surface area (Å²) in [7, 11) is -2.89. The van der Waals surface area contributed by atoms with E-state index in [-0.39, 0.29) is 18.0 Å². The summed E-state index contributed by atoms with van der Waals surface area (Å²) in [5.41, 5.74) is 0.336. The third-order valence-corrected chi connectivity index (χ3v) is 7.85. The Morgan fingerprint density at radius 2 is 2.00 bits per heavy atom. The summed E-state index contributed by atoms with van der Waals surface area (Å²) in [5.74, 6) is 1.03. The number of hydrogen-bond donors (Lipinski definition) is 3. The maximum atomic E-state index is 12.4. The molecular weight excluding hydrogens is 356 g/mol. The molecule has 3 fully saturated rings. The van der Waals surface area contributed by atoms with E-state index in [1.54, 1.807) is 10.4 Å². The largest absolute Gasteiger partial charge is 0.360 e. The van der Waals surface area contributed by atoms with Gasteiger partial charge in [0.1, 0.15) is 5.76 Å². The van der Waals surface area contributed by atoms with Gasteiger partial charge in [-0.1, -0.05) is 16.1 Å². The maximum Gasteiger partial charge on any atom is 0.273 e. The van der Waals surface area contributed by atoms with E-state index in [2.05, 4.69) is 10.5 Å². The molecule has 1 amide bonds.